The van der Waals surface area contributed by atoms with E-state index < -0.39 is 20.5 Å². The summed E-state index contributed by atoms with van der Waals surface area (Å²) in [6, 6.07) is 4.27. The molecule has 2 aromatic rings. The molecule has 0 amide bonds. The Morgan fingerprint density at radius 2 is 1.89 bits per heavy atom. The fourth-order valence-corrected chi connectivity index (χ4v) is 6.27. The topological polar surface area (TPSA) is 121 Å². The van der Waals surface area contributed by atoms with E-state index in [1.807, 2.05) is 0 Å². The van der Waals surface area contributed by atoms with E-state index in [-0.39, 0.29) is 11.1 Å². The third-order valence-corrected chi connectivity index (χ3v) is 9.75. The maximum absolute atomic E-state index is 12.9. The highest BCUT2D eigenvalue weighted by atomic mass is 35.5. The molecule has 1 aromatic carbocycles. The highest BCUT2D eigenvalue weighted by Gasteiger charge is 2.37. The van der Waals surface area contributed by atoms with Crippen molar-refractivity contribution in [2.45, 2.75) is 69.1 Å². The number of hydrazine groups is 1. The molecule has 10 nitrogen and oxygen atoms in total. The van der Waals surface area contributed by atoms with Crippen molar-refractivity contribution in [2.75, 3.05) is 30.8 Å². The Labute approximate surface area is 229 Å². The lowest BCUT2D eigenvalue weighted by atomic mass is 9.87. The smallest absolute Gasteiger partial charge is 0.229 e. The summed E-state index contributed by atoms with van der Waals surface area (Å²) in [5, 5.41) is 10.3. The molecule has 38 heavy (non-hydrogen) atoms. The van der Waals surface area contributed by atoms with Crippen molar-refractivity contribution >= 4 is 38.9 Å². The zero-order valence-electron chi connectivity index (χ0n) is 22.2. The summed E-state index contributed by atoms with van der Waals surface area (Å²) in [4.78, 5) is 8.96. The number of rotatable bonds is 9. The van der Waals surface area contributed by atoms with Crippen LogP contribution in [0.3, 0.4) is 0 Å². The van der Waals surface area contributed by atoms with E-state index in [9.17, 15) is 8.42 Å². The van der Waals surface area contributed by atoms with Crippen LogP contribution in [0.4, 0.5) is 17.5 Å². The maximum atomic E-state index is 12.9. The molecule has 0 bridgehead atoms. The Balaban J connectivity index is 1.41. The van der Waals surface area contributed by atoms with Crippen LogP contribution >= 0.6 is 11.6 Å². The van der Waals surface area contributed by atoms with Crippen LogP contribution in [-0.2, 0) is 9.84 Å². The molecule has 2 fully saturated rings. The first-order chi connectivity index (χ1) is 18.1. The van der Waals surface area contributed by atoms with Crippen molar-refractivity contribution in [1.82, 2.24) is 25.7 Å². The Bertz CT molecular complexity index is 1320. The van der Waals surface area contributed by atoms with Crippen LogP contribution < -0.4 is 26.1 Å². The summed E-state index contributed by atoms with van der Waals surface area (Å²) in [7, 11) is -1.75. The number of nitrogens with zero attached hydrogens (tertiary/aromatic N) is 3. The molecule has 3 aliphatic rings. The molecule has 1 saturated carbocycles. The summed E-state index contributed by atoms with van der Waals surface area (Å²) >= 11 is 6.42. The largest absolute Gasteiger partial charge is 0.488 e. The average molecular weight is 562 g/mol. The van der Waals surface area contributed by atoms with Gasteiger partial charge < -0.3 is 25.7 Å². The van der Waals surface area contributed by atoms with Gasteiger partial charge in [0.25, 0.3) is 0 Å². The molecule has 1 aromatic heterocycles. The number of anilines is 3. The normalized spacial score (nSPS) is 20.5. The fraction of sp³-hybridized carbons (Fsp3) is 0.538. The number of benzene rings is 1. The molecule has 12 heteroatoms. The Morgan fingerprint density at radius 1 is 1.16 bits per heavy atom. The fourth-order valence-electron chi connectivity index (χ4n) is 4.80. The second-order valence-electron chi connectivity index (χ2n) is 10.5. The van der Waals surface area contributed by atoms with Gasteiger partial charge in [0, 0.05) is 13.2 Å². The van der Waals surface area contributed by atoms with Crippen molar-refractivity contribution in [2.24, 2.45) is 0 Å². The highest BCUT2D eigenvalue weighted by molar-refractivity contribution is 7.92. The van der Waals surface area contributed by atoms with Crippen molar-refractivity contribution in [3.05, 3.63) is 46.4 Å². The van der Waals surface area contributed by atoms with E-state index in [1.165, 1.54) is 17.3 Å². The molecule has 2 aliphatic heterocycles. The van der Waals surface area contributed by atoms with Gasteiger partial charge in [-0.1, -0.05) is 11.6 Å². The number of hydrogen-bond donors (Lipinski definition) is 4. The number of aryl methyl sites for hydroxylation is 1. The minimum Gasteiger partial charge on any atom is -0.488 e. The quantitative estimate of drug-likeness (QED) is 0.357. The van der Waals surface area contributed by atoms with Crippen LogP contribution in [0.2, 0.25) is 5.02 Å². The van der Waals surface area contributed by atoms with Gasteiger partial charge in [-0.25, -0.2) is 18.8 Å². The first kappa shape index (κ1) is 27.0. The second kappa shape index (κ2) is 10.9. The molecular weight excluding hydrogens is 526 g/mol. The molecule has 1 atom stereocenters. The second-order valence-corrected chi connectivity index (χ2v) is 13.5. The predicted molar refractivity (Wildman–Crippen MR) is 150 cm³/mol. The molecule has 0 spiro atoms. The number of sulfone groups is 1. The van der Waals surface area contributed by atoms with Gasteiger partial charge in [0.15, 0.2) is 21.0 Å². The van der Waals surface area contributed by atoms with E-state index in [0.717, 1.165) is 50.2 Å². The summed E-state index contributed by atoms with van der Waals surface area (Å²) in [6.45, 7) is 7.50. The van der Waals surface area contributed by atoms with Gasteiger partial charge in [0.05, 0.1) is 28.9 Å². The first-order valence-electron chi connectivity index (χ1n) is 13.1. The molecule has 4 N–H and O–H groups in total. The van der Waals surface area contributed by atoms with E-state index >= 15 is 0 Å². The number of nitrogens with one attached hydrogen (secondary N) is 4. The van der Waals surface area contributed by atoms with Crippen LogP contribution in [0.25, 0.3) is 0 Å². The average Bonchev–Trinajstić information content (AvgIpc) is 3.62. The van der Waals surface area contributed by atoms with Gasteiger partial charge in [-0.15, -0.1) is 0 Å². The van der Waals surface area contributed by atoms with Gasteiger partial charge in [-0.05, 0) is 88.7 Å². The minimum absolute atomic E-state index is 0.237. The summed E-state index contributed by atoms with van der Waals surface area (Å²) < 4.78 is 32.1. The predicted octanol–water partition coefficient (Wildman–Crippen LogP) is 4.04. The van der Waals surface area contributed by atoms with Crippen molar-refractivity contribution < 1.29 is 13.2 Å². The van der Waals surface area contributed by atoms with Gasteiger partial charge >= 0.3 is 0 Å². The zero-order valence-corrected chi connectivity index (χ0v) is 23.8. The van der Waals surface area contributed by atoms with Crippen molar-refractivity contribution in [3.63, 3.8) is 0 Å². The monoisotopic (exact) mass is 561 g/mol. The molecule has 3 heterocycles. The zero-order chi connectivity index (χ0) is 27.0. The van der Waals surface area contributed by atoms with E-state index in [1.54, 1.807) is 32.1 Å². The summed E-state index contributed by atoms with van der Waals surface area (Å²) in [6.07, 6.45) is 7.74. The van der Waals surface area contributed by atoms with Crippen LogP contribution in [0.5, 0.6) is 5.75 Å². The molecule has 206 valence electrons. The molecule has 1 unspecified atom stereocenters. The van der Waals surface area contributed by atoms with Crippen LogP contribution in [-0.4, -0.2) is 60.3 Å². The SMILES string of the molecule is Cc1cc(Nc2ncc(Cl)c(NC3=CN(C)NC3S(=O)(=O)C(C)C)n2)c(OC2CC2)cc1C1CCNCC1. The lowest BCUT2D eigenvalue weighted by Gasteiger charge is -2.26. The Hall–Kier alpha value is -2.60. The molecule has 1 aliphatic carbocycles. The van der Waals surface area contributed by atoms with Crippen molar-refractivity contribution in [3.8, 4) is 5.75 Å². The summed E-state index contributed by atoms with van der Waals surface area (Å²) in [5.41, 5.74) is 6.71. The lowest BCUT2D eigenvalue weighted by Crippen LogP contribution is -2.43. The van der Waals surface area contributed by atoms with Gasteiger partial charge in [-0.3, -0.25) is 0 Å². The third kappa shape index (κ3) is 5.85. The number of hydrogen-bond acceptors (Lipinski definition) is 10. The number of halogens is 1. The highest BCUT2D eigenvalue weighted by Crippen LogP contribution is 2.39. The molecule has 0 radical (unpaired) electrons. The van der Waals surface area contributed by atoms with E-state index in [2.05, 4.69) is 50.4 Å². The number of piperidine rings is 1. The number of ether oxygens (including phenoxy) is 1. The van der Waals surface area contributed by atoms with Crippen LogP contribution in [0.1, 0.15) is 56.6 Å². The van der Waals surface area contributed by atoms with E-state index in [0.29, 0.717) is 23.4 Å². The van der Waals surface area contributed by atoms with Crippen LogP contribution in [0, 0.1) is 6.92 Å². The first-order valence-corrected chi connectivity index (χ1v) is 15.1. The van der Waals surface area contributed by atoms with Crippen molar-refractivity contribution in [1.29, 1.82) is 0 Å². The molecule has 5 rings (SSSR count). The van der Waals surface area contributed by atoms with Crippen LogP contribution in [0.15, 0.2) is 30.2 Å². The van der Waals surface area contributed by atoms with Gasteiger partial charge in [0.1, 0.15) is 10.8 Å². The molecular formula is C26H36ClN7O3S. The Kier molecular flexibility index (Phi) is 7.72. The third-order valence-electron chi connectivity index (χ3n) is 7.14. The lowest BCUT2D eigenvalue weighted by molar-refractivity contribution is 0.304. The summed E-state index contributed by atoms with van der Waals surface area (Å²) in [5.74, 6) is 1.95. The number of aromatic nitrogens is 2. The molecule has 1 saturated heterocycles. The Morgan fingerprint density at radius 3 is 2.58 bits per heavy atom. The standard InChI is InChI=1S/C26H36ClN7O3S/c1-15(2)38(35,36)25-22(14-34(4)33-25)30-24-20(27)13-29-26(32-24)31-21-11-16(3)19(17-7-9-28-10-8-17)12-23(21)37-18-5-6-18/h11-15,17-18,25,28,33H,5-10H2,1-4H3,(H2,29,30,31,32). The maximum Gasteiger partial charge on any atom is 0.229 e. The minimum atomic E-state index is -3.49. The van der Waals surface area contributed by atoms with Gasteiger partial charge in [0.2, 0.25) is 5.95 Å². The van der Waals surface area contributed by atoms with E-state index in [4.69, 9.17) is 16.3 Å². The van der Waals surface area contributed by atoms with Gasteiger partial charge in [-0.2, -0.15) is 4.98 Å².